The molecule has 0 aliphatic carbocycles. The van der Waals surface area contributed by atoms with Crippen LogP contribution in [0.4, 0.5) is 34.1 Å². The number of aryl methyl sites for hydroxylation is 2. The van der Waals surface area contributed by atoms with E-state index in [1.807, 2.05) is 22.7 Å². The second-order valence-corrected chi connectivity index (χ2v) is 23.0. The van der Waals surface area contributed by atoms with E-state index in [0.29, 0.717) is 0 Å². The lowest BCUT2D eigenvalue weighted by Gasteiger charge is -2.46. The minimum atomic E-state index is -0.142. The van der Waals surface area contributed by atoms with Gasteiger partial charge in [0, 0.05) is 53.7 Å². The summed E-state index contributed by atoms with van der Waals surface area (Å²) in [7, 11) is 0. The molecule has 0 saturated heterocycles. The highest BCUT2D eigenvalue weighted by atomic mass is 32.1. The molecule has 0 radical (unpaired) electrons. The molecule has 2 aliphatic rings. The van der Waals surface area contributed by atoms with Gasteiger partial charge in [0.2, 0.25) is 0 Å². The van der Waals surface area contributed by atoms with E-state index in [1.165, 1.54) is 130 Å². The van der Waals surface area contributed by atoms with Gasteiger partial charge in [0.05, 0.1) is 20.8 Å². The van der Waals surface area contributed by atoms with E-state index in [9.17, 15) is 0 Å². The number of benzene rings is 9. The molecule has 0 spiro atoms. The van der Waals surface area contributed by atoms with Gasteiger partial charge in [-0.1, -0.05) is 193 Å². The number of hydrogen-bond donors (Lipinski definition) is 0. The maximum Gasteiger partial charge on any atom is 0.252 e. The molecule has 4 heterocycles. The van der Waals surface area contributed by atoms with Crippen molar-refractivity contribution in [3.63, 3.8) is 0 Å². The molecule has 346 valence electrons. The van der Waals surface area contributed by atoms with Gasteiger partial charge in [-0.3, -0.25) is 0 Å². The van der Waals surface area contributed by atoms with Gasteiger partial charge in [0.25, 0.3) is 6.71 Å². The predicted molar refractivity (Wildman–Crippen MR) is 313 cm³/mol. The minimum absolute atomic E-state index is 0.0414. The van der Waals surface area contributed by atoms with Crippen molar-refractivity contribution in [3.05, 3.63) is 199 Å². The Morgan fingerprint density at radius 2 is 0.859 bits per heavy atom. The van der Waals surface area contributed by atoms with Crippen LogP contribution < -0.4 is 26.2 Å². The van der Waals surface area contributed by atoms with E-state index in [0.717, 1.165) is 38.5 Å². The Labute approximate surface area is 426 Å². The summed E-state index contributed by atoms with van der Waals surface area (Å²) in [6, 6.07) is 69.9. The van der Waals surface area contributed by atoms with Gasteiger partial charge in [-0.15, -0.1) is 22.7 Å². The summed E-state index contributed by atoms with van der Waals surface area (Å²) in [6.45, 7) is 11.8. The fraction of sp³-hybridized carbons (Fsp3) is 0.182. The van der Waals surface area contributed by atoms with Gasteiger partial charge in [-0.25, -0.2) is 0 Å². The van der Waals surface area contributed by atoms with Crippen molar-refractivity contribution in [3.8, 4) is 22.3 Å². The Bertz CT molecular complexity index is 3620. The largest absolute Gasteiger partial charge is 0.310 e. The minimum Gasteiger partial charge on any atom is -0.310 e. The normalized spacial score (nSPS) is 13.1. The Kier molecular flexibility index (Phi) is 10.8. The lowest BCUT2D eigenvalue weighted by molar-refractivity contribution is 0.590. The number of fused-ring (bicyclic) bond motifs is 10. The topological polar surface area (TPSA) is 6.48 Å². The van der Waals surface area contributed by atoms with Crippen molar-refractivity contribution >= 4 is 120 Å². The van der Waals surface area contributed by atoms with Crippen LogP contribution in [0.2, 0.25) is 0 Å². The summed E-state index contributed by atoms with van der Waals surface area (Å²) in [6.07, 6.45) is 6.55. The second-order valence-electron chi connectivity index (χ2n) is 20.9. The molecule has 0 atom stereocenters. The molecule has 0 fully saturated rings. The summed E-state index contributed by atoms with van der Waals surface area (Å²) in [5, 5.41) is 5.34. The molecule has 11 aromatic rings. The lowest BCUT2D eigenvalue weighted by Crippen LogP contribution is -2.61. The van der Waals surface area contributed by atoms with Gasteiger partial charge in [0.15, 0.2) is 0 Å². The third-order valence-corrected chi connectivity index (χ3v) is 17.8. The van der Waals surface area contributed by atoms with Crippen molar-refractivity contribution in [2.75, 3.05) is 9.80 Å². The van der Waals surface area contributed by atoms with Crippen LogP contribution in [0.15, 0.2) is 182 Å². The van der Waals surface area contributed by atoms with Gasteiger partial charge in [0.1, 0.15) is 0 Å². The Morgan fingerprint density at radius 3 is 1.30 bits per heavy atom. The molecular weight excluding hydrogens is 896 g/mol. The Hall–Kier alpha value is -6.92. The number of anilines is 6. The Morgan fingerprint density at radius 1 is 0.423 bits per heavy atom. The highest BCUT2D eigenvalue weighted by molar-refractivity contribution is 7.27. The second kappa shape index (κ2) is 17.4. The van der Waals surface area contributed by atoms with Crippen LogP contribution in [0.3, 0.4) is 0 Å². The van der Waals surface area contributed by atoms with Gasteiger partial charge < -0.3 is 9.80 Å². The van der Waals surface area contributed by atoms with Crippen LogP contribution in [0.1, 0.15) is 77.0 Å². The van der Waals surface area contributed by atoms with E-state index in [4.69, 9.17) is 0 Å². The molecule has 0 saturated carbocycles. The van der Waals surface area contributed by atoms with E-state index in [1.54, 1.807) is 0 Å². The first-order chi connectivity index (χ1) is 34.8. The fourth-order valence-electron chi connectivity index (χ4n) is 11.8. The van der Waals surface area contributed by atoms with Crippen molar-refractivity contribution in [1.29, 1.82) is 0 Å². The molecule has 0 unspecified atom stereocenters. The molecule has 2 nitrogen and oxygen atoms in total. The third-order valence-electron chi connectivity index (χ3n) is 15.4. The van der Waals surface area contributed by atoms with Crippen molar-refractivity contribution in [1.82, 2.24) is 0 Å². The van der Waals surface area contributed by atoms with Gasteiger partial charge in [-0.2, -0.15) is 0 Å². The van der Waals surface area contributed by atoms with Crippen molar-refractivity contribution in [2.45, 2.75) is 78.6 Å². The molecular formula is C66H57BN2S2. The summed E-state index contributed by atoms with van der Waals surface area (Å²) in [5.41, 5.74) is 20.8. The van der Waals surface area contributed by atoms with Gasteiger partial charge in [-0.05, 0) is 123 Å². The molecule has 2 aromatic heterocycles. The van der Waals surface area contributed by atoms with Crippen LogP contribution in [-0.4, -0.2) is 6.71 Å². The van der Waals surface area contributed by atoms with E-state index in [2.05, 4.69) is 226 Å². The van der Waals surface area contributed by atoms with Crippen molar-refractivity contribution < 1.29 is 0 Å². The molecule has 0 bridgehead atoms. The predicted octanol–water partition coefficient (Wildman–Crippen LogP) is 17.8. The van der Waals surface area contributed by atoms with Crippen LogP contribution >= 0.6 is 22.7 Å². The lowest BCUT2D eigenvalue weighted by atomic mass is 9.33. The number of thiophene rings is 2. The Balaban J connectivity index is 1.20. The van der Waals surface area contributed by atoms with Crippen LogP contribution in [0.5, 0.6) is 0 Å². The monoisotopic (exact) mass is 952 g/mol. The SMILES string of the molecule is CCCCc1ccc2c(sc3ccccc32)c1N1c2ccc(-c3ccccc3)cc2B2c3cc(-c4ccccc4)ccc3N(c3c(CCCC)ccc4c3sc3ccccc34)c3cc(C(C)(C)C)cc1c32. The molecule has 2 aliphatic heterocycles. The number of hydrogen-bond acceptors (Lipinski definition) is 4. The third kappa shape index (κ3) is 7.18. The highest BCUT2D eigenvalue weighted by Gasteiger charge is 2.46. The smallest absolute Gasteiger partial charge is 0.252 e. The molecule has 0 amide bonds. The molecule has 0 N–H and O–H groups in total. The van der Waals surface area contributed by atoms with E-state index < -0.39 is 0 Å². The molecule has 71 heavy (non-hydrogen) atoms. The van der Waals surface area contributed by atoms with Gasteiger partial charge >= 0.3 is 0 Å². The average molecular weight is 953 g/mol. The first kappa shape index (κ1) is 44.1. The average Bonchev–Trinajstić information content (AvgIpc) is 3.98. The molecule has 9 aromatic carbocycles. The maximum absolute atomic E-state index is 2.75. The standard InChI is InChI=1S/C66H57BN2S2/c1-6-8-20-44-30-34-51-49-26-16-18-28-59(49)70-64(51)62(44)68-55-36-32-46(42-22-12-10-13-23-42)38-53(55)67-54-39-47(43-24-14-11-15-25-43)33-37-56(54)69(58-41-48(66(3,4)5)40-57(68)61(58)67)63-45(21-9-7-2)31-35-52-50-27-17-19-29-60(50)71-65(52)63/h10-19,22-41H,6-9,20-21H2,1-5H3. The maximum atomic E-state index is 2.75. The van der Waals surface area contributed by atoms with Crippen molar-refractivity contribution in [2.24, 2.45) is 0 Å². The molecule has 5 heteroatoms. The summed E-state index contributed by atoms with van der Waals surface area (Å²) in [4.78, 5) is 5.50. The number of unbranched alkanes of at least 4 members (excludes halogenated alkanes) is 2. The quantitative estimate of drug-likeness (QED) is 0.126. The van der Waals surface area contributed by atoms with Crippen LogP contribution in [-0.2, 0) is 18.3 Å². The fourth-order valence-corrected chi connectivity index (χ4v) is 14.3. The van der Waals surface area contributed by atoms with Crippen LogP contribution in [0.25, 0.3) is 62.6 Å². The number of rotatable bonds is 10. The number of nitrogens with zero attached hydrogens (tertiary/aromatic N) is 2. The molecule has 13 rings (SSSR count). The zero-order valence-corrected chi connectivity index (χ0v) is 43.0. The first-order valence-corrected chi connectivity index (χ1v) is 27.5. The summed E-state index contributed by atoms with van der Waals surface area (Å²) >= 11 is 3.92. The first-order valence-electron chi connectivity index (χ1n) is 25.8. The summed E-state index contributed by atoms with van der Waals surface area (Å²) in [5.74, 6) is 0. The zero-order valence-electron chi connectivity index (χ0n) is 41.4. The van der Waals surface area contributed by atoms with E-state index in [-0.39, 0.29) is 12.1 Å². The highest BCUT2D eigenvalue weighted by Crippen LogP contribution is 2.53. The van der Waals surface area contributed by atoms with E-state index >= 15 is 0 Å². The summed E-state index contributed by atoms with van der Waals surface area (Å²) < 4.78 is 5.40. The van der Waals surface area contributed by atoms with Crippen LogP contribution in [0, 0.1) is 0 Å². The zero-order chi connectivity index (χ0) is 48.0.